The average Bonchev–Trinajstić information content (AvgIpc) is 2.29. The van der Waals surface area contributed by atoms with E-state index in [4.69, 9.17) is 5.73 Å². The smallest absolute Gasteiger partial charge is 0.0363 e. The summed E-state index contributed by atoms with van der Waals surface area (Å²) in [4.78, 5) is 2.10. The van der Waals surface area contributed by atoms with Crippen LogP contribution in [-0.4, -0.2) is 14.1 Å². The van der Waals surface area contributed by atoms with Gasteiger partial charge in [0.05, 0.1) is 0 Å². The van der Waals surface area contributed by atoms with Crippen molar-refractivity contribution in [3.8, 4) is 0 Å². The minimum absolute atomic E-state index is 0. The Kier molecular flexibility index (Phi) is 7.35. The van der Waals surface area contributed by atoms with Crippen LogP contribution in [0.25, 0.3) is 0 Å². The maximum atomic E-state index is 5.46. The van der Waals surface area contributed by atoms with Gasteiger partial charge in [-0.2, -0.15) is 0 Å². The van der Waals surface area contributed by atoms with Crippen LogP contribution in [0.15, 0.2) is 48.5 Å². The van der Waals surface area contributed by atoms with E-state index in [2.05, 4.69) is 50.2 Å². The zero-order valence-electron chi connectivity index (χ0n) is 11.6. The van der Waals surface area contributed by atoms with Gasteiger partial charge in [-0.3, -0.25) is 0 Å². The first-order valence-electron chi connectivity index (χ1n) is 6.05. The highest BCUT2D eigenvalue weighted by Crippen LogP contribution is 2.11. The number of aryl methyl sites for hydroxylation is 2. The highest BCUT2D eigenvalue weighted by Gasteiger charge is 1.91. The van der Waals surface area contributed by atoms with Crippen LogP contribution >= 0.6 is 0 Å². The lowest BCUT2D eigenvalue weighted by Gasteiger charge is -2.11. The van der Waals surface area contributed by atoms with Gasteiger partial charge in [0.15, 0.2) is 0 Å². The molecule has 0 aromatic heterocycles. The Labute approximate surface area is 117 Å². The molecular weight excluding hydrogens is 232 g/mol. The molecule has 2 N–H and O–H groups in total. The lowest BCUT2D eigenvalue weighted by atomic mass is 10.2. The molecule has 0 aliphatic rings. The van der Waals surface area contributed by atoms with E-state index in [0.717, 1.165) is 5.69 Å². The topological polar surface area (TPSA) is 29.3 Å². The van der Waals surface area contributed by atoms with Gasteiger partial charge in [0.25, 0.3) is 0 Å². The monoisotopic (exact) mass is 258 g/mol. The molecule has 0 unspecified atom stereocenters. The molecule has 0 spiro atoms. The molecule has 0 aliphatic heterocycles. The molecular formula is C17H26N2. The Morgan fingerprint density at radius 3 is 1.68 bits per heavy atom. The molecule has 0 fully saturated rings. The fourth-order valence-corrected chi connectivity index (χ4v) is 1.58. The van der Waals surface area contributed by atoms with E-state index in [9.17, 15) is 0 Å². The molecule has 2 heteroatoms. The summed E-state index contributed by atoms with van der Waals surface area (Å²) in [6.45, 7) is 4.13. The first-order valence-corrected chi connectivity index (χ1v) is 6.05. The van der Waals surface area contributed by atoms with Crippen molar-refractivity contribution in [2.24, 2.45) is 0 Å². The Morgan fingerprint density at radius 1 is 0.842 bits per heavy atom. The minimum atomic E-state index is 0. The molecule has 0 aliphatic carbocycles. The summed E-state index contributed by atoms with van der Waals surface area (Å²) in [6, 6.07) is 16.2. The summed E-state index contributed by atoms with van der Waals surface area (Å²) in [5.41, 5.74) is 10.1. The number of nitrogens with zero attached hydrogens (tertiary/aromatic N) is 1. The number of hydrogen-bond donors (Lipinski definition) is 1. The van der Waals surface area contributed by atoms with E-state index in [-0.39, 0.29) is 7.43 Å². The van der Waals surface area contributed by atoms with Crippen LogP contribution in [-0.2, 0) is 0 Å². The third-order valence-corrected chi connectivity index (χ3v) is 2.56. The SMILES string of the molecule is C.Cc1cccc(N(C)C)c1.Cc1cccc(N)c1. The molecule has 0 atom stereocenters. The number of benzene rings is 2. The number of anilines is 2. The third kappa shape index (κ3) is 6.51. The maximum absolute atomic E-state index is 5.46. The lowest BCUT2D eigenvalue weighted by Crippen LogP contribution is -2.08. The Balaban J connectivity index is 0.000000331. The van der Waals surface area contributed by atoms with Crippen molar-refractivity contribution in [1.29, 1.82) is 0 Å². The van der Waals surface area contributed by atoms with Crippen LogP contribution in [0.5, 0.6) is 0 Å². The lowest BCUT2D eigenvalue weighted by molar-refractivity contribution is 1.13. The van der Waals surface area contributed by atoms with Crippen LogP contribution in [0.3, 0.4) is 0 Å². The number of rotatable bonds is 1. The fourth-order valence-electron chi connectivity index (χ4n) is 1.58. The summed E-state index contributed by atoms with van der Waals surface area (Å²) in [5.74, 6) is 0. The van der Waals surface area contributed by atoms with Crippen molar-refractivity contribution in [3.05, 3.63) is 59.7 Å². The van der Waals surface area contributed by atoms with Crippen molar-refractivity contribution in [3.63, 3.8) is 0 Å². The fraction of sp³-hybridized carbons (Fsp3) is 0.294. The number of hydrogen-bond acceptors (Lipinski definition) is 2. The summed E-state index contributed by atoms with van der Waals surface area (Å²) < 4.78 is 0. The zero-order valence-corrected chi connectivity index (χ0v) is 11.6. The number of nitrogens with two attached hydrogens (primary N) is 1. The van der Waals surface area contributed by atoms with Crippen LogP contribution in [0.1, 0.15) is 18.6 Å². The summed E-state index contributed by atoms with van der Waals surface area (Å²) in [7, 11) is 4.10. The second kappa shape index (κ2) is 8.20. The van der Waals surface area contributed by atoms with Crippen molar-refractivity contribution < 1.29 is 0 Å². The third-order valence-electron chi connectivity index (χ3n) is 2.56. The predicted molar refractivity (Wildman–Crippen MR) is 87.8 cm³/mol. The zero-order chi connectivity index (χ0) is 13.5. The Hall–Kier alpha value is -1.96. The summed E-state index contributed by atoms with van der Waals surface area (Å²) >= 11 is 0. The molecule has 2 aromatic carbocycles. The van der Waals surface area contributed by atoms with Gasteiger partial charge in [0.2, 0.25) is 0 Å². The maximum Gasteiger partial charge on any atom is 0.0363 e. The first-order chi connectivity index (χ1) is 8.49. The number of nitrogen functional groups attached to an aromatic ring is 1. The largest absolute Gasteiger partial charge is 0.399 e. The van der Waals surface area contributed by atoms with Crippen LogP contribution in [0, 0.1) is 13.8 Å². The molecule has 2 nitrogen and oxygen atoms in total. The molecule has 104 valence electrons. The minimum Gasteiger partial charge on any atom is -0.399 e. The highest BCUT2D eigenvalue weighted by molar-refractivity contribution is 5.46. The van der Waals surface area contributed by atoms with Gasteiger partial charge in [-0.15, -0.1) is 0 Å². The highest BCUT2D eigenvalue weighted by atomic mass is 15.1. The van der Waals surface area contributed by atoms with E-state index < -0.39 is 0 Å². The molecule has 0 heterocycles. The van der Waals surface area contributed by atoms with Gasteiger partial charge in [-0.05, 0) is 49.2 Å². The van der Waals surface area contributed by atoms with E-state index in [0.29, 0.717) is 0 Å². The van der Waals surface area contributed by atoms with Gasteiger partial charge >= 0.3 is 0 Å². The van der Waals surface area contributed by atoms with Crippen LogP contribution in [0.2, 0.25) is 0 Å². The van der Waals surface area contributed by atoms with Crippen molar-refractivity contribution in [2.45, 2.75) is 21.3 Å². The standard InChI is InChI=1S/C9H13N.C7H9N.CH4/c1-8-5-4-6-9(7-8)10(2)3;1-6-3-2-4-7(8)5-6;/h4-7H,1-3H3;2-5H,8H2,1H3;1H4. The van der Waals surface area contributed by atoms with Crippen LogP contribution in [0.4, 0.5) is 11.4 Å². The molecule has 19 heavy (non-hydrogen) atoms. The first kappa shape index (κ1) is 17.0. The van der Waals surface area contributed by atoms with E-state index >= 15 is 0 Å². The Morgan fingerprint density at radius 2 is 1.37 bits per heavy atom. The average molecular weight is 258 g/mol. The molecule has 2 rings (SSSR count). The molecule has 0 saturated heterocycles. The van der Waals surface area contributed by atoms with Gasteiger partial charge in [-0.25, -0.2) is 0 Å². The molecule has 2 aromatic rings. The quantitative estimate of drug-likeness (QED) is 0.774. The van der Waals surface area contributed by atoms with Gasteiger partial charge < -0.3 is 10.6 Å². The molecule has 0 amide bonds. The van der Waals surface area contributed by atoms with Crippen molar-refractivity contribution in [2.75, 3.05) is 24.7 Å². The van der Waals surface area contributed by atoms with E-state index in [1.165, 1.54) is 16.8 Å². The molecule has 0 saturated carbocycles. The second-order valence-corrected chi connectivity index (χ2v) is 4.65. The Bertz CT molecular complexity index is 473. The summed E-state index contributed by atoms with van der Waals surface area (Å²) in [5, 5.41) is 0. The van der Waals surface area contributed by atoms with Gasteiger partial charge in [-0.1, -0.05) is 31.7 Å². The van der Waals surface area contributed by atoms with Gasteiger partial charge in [0.1, 0.15) is 0 Å². The molecule has 0 bridgehead atoms. The second-order valence-electron chi connectivity index (χ2n) is 4.65. The van der Waals surface area contributed by atoms with Gasteiger partial charge in [0, 0.05) is 25.5 Å². The van der Waals surface area contributed by atoms with Crippen molar-refractivity contribution in [1.82, 2.24) is 0 Å². The van der Waals surface area contributed by atoms with Crippen molar-refractivity contribution >= 4 is 11.4 Å². The van der Waals surface area contributed by atoms with Crippen LogP contribution < -0.4 is 10.6 Å². The molecule has 0 radical (unpaired) electrons. The normalized spacial score (nSPS) is 8.84. The van der Waals surface area contributed by atoms with E-state index in [1.54, 1.807) is 0 Å². The van der Waals surface area contributed by atoms with E-state index in [1.807, 2.05) is 31.2 Å². The predicted octanol–water partition coefficient (Wildman–Crippen LogP) is 4.27. The summed E-state index contributed by atoms with van der Waals surface area (Å²) in [6.07, 6.45) is 0.